The fourth-order valence-corrected chi connectivity index (χ4v) is 3.93. The molecule has 1 aliphatic carbocycles. The molecule has 3 heterocycles. The first kappa shape index (κ1) is 20.1. The molecule has 5 rings (SSSR count). The van der Waals surface area contributed by atoms with E-state index in [0.717, 1.165) is 27.9 Å². The number of H-pyrrole nitrogens is 1. The highest BCUT2D eigenvalue weighted by Gasteiger charge is 2.27. The molecule has 2 amide bonds. The number of carbonyl (C=O) groups is 3. The van der Waals surface area contributed by atoms with Gasteiger partial charge in [-0.1, -0.05) is 17.3 Å². The second-order valence-electron chi connectivity index (χ2n) is 7.40. The summed E-state index contributed by atoms with van der Waals surface area (Å²) in [6, 6.07) is 6.18. The van der Waals surface area contributed by atoms with E-state index in [1.54, 1.807) is 6.07 Å². The van der Waals surface area contributed by atoms with Crippen molar-refractivity contribution in [2.75, 3.05) is 0 Å². The van der Waals surface area contributed by atoms with E-state index in [1.807, 2.05) is 12.1 Å². The molecule has 0 radical (unpaired) electrons. The Morgan fingerprint density at radius 1 is 1.27 bits per heavy atom. The standard InChI is InChI=1S/C20H15N7O6/c21-15(28)14-17-23-12(6-13(19(30)31)27(17)7-22-14)18(29)24-11-4-2-8-5-9(1-3-10(8)11)16-25-20(32)33-26-16/h1,3,5-7,11H,2,4H2,(H2,21,28)(H,24,29)(H,30,31)(H,25,26,32)/t11-/m0/s1. The number of nitrogens with two attached hydrogens (primary N) is 1. The van der Waals surface area contributed by atoms with Crippen molar-refractivity contribution in [2.45, 2.75) is 18.9 Å². The van der Waals surface area contributed by atoms with Crippen molar-refractivity contribution < 1.29 is 24.0 Å². The molecule has 1 aliphatic rings. The zero-order chi connectivity index (χ0) is 23.3. The van der Waals surface area contributed by atoms with E-state index in [9.17, 15) is 24.3 Å². The van der Waals surface area contributed by atoms with Gasteiger partial charge < -0.3 is 16.2 Å². The largest absolute Gasteiger partial charge is 0.477 e. The Balaban J connectivity index is 1.45. The number of carbonyl (C=O) groups excluding carboxylic acids is 2. The molecule has 0 saturated carbocycles. The number of aromatic carboxylic acids is 1. The third-order valence-electron chi connectivity index (χ3n) is 5.43. The molecule has 0 bridgehead atoms. The lowest BCUT2D eigenvalue weighted by atomic mass is 10.0. The molecule has 1 aromatic carbocycles. The van der Waals surface area contributed by atoms with Crippen LogP contribution >= 0.6 is 0 Å². The van der Waals surface area contributed by atoms with Gasteiger partial charge >= 0.3 is 11.7 Å². The lowest BCUT2D eigenvalue weighted by molar-refractivity contribution is 0.0688. The first-order valence-corrected chi connectivity index (χ1v) is 9.73. The number of fused-ring (bicyclic) bond motifs is 2. The van der Waals surface area contributed by atoms with Crippen LogP contribution in [-0.4, -0.2) is 47.4 Å². The van der Waals surface area contributed by atoms with Crippen LogP contribution in [0.15, 0.2) is 39.9 Å². The highest BCUT2D eigenvalue weighted by atomic mass is 16.5. The maximum Gasteiger partial charge on any atom is 0.439 e. The highest BCUT2D eigenvalue weighted by molar-refractivity contribution is 6.00. The molecule has 1 atom stereocenters. The van der Waals surface area contributed by atoms with Gasteiger partial charge in [0.1, 0.15) is 17.7 Å². The van der Waals surface area contributed by atoms with E-state index in [0.29, 0.717) is 24.2 Å². The predicted octanol–water partition coefficient (Wildman–Crippen LogP) is 0.287. The number of hydrogen-bond donors (Lipinski definition) is 4. The van der Waals surface area contributed by atoms with E-state index in [4.69, 9.17) is 5.73 Å². The van der Waals surface area contributed by atoms with Crippen LogP contribution in [0.25, 0.3) is 17.0 Å². The van der Waals surface area contributed by atoms with Crippen molar-refractivity contribution >= 4 is 23.4 Å². The SMILES string of the molecule is NC(=O)c1ncn2c(C(=O)O)cc(C(=O)N[C@H]3CCc4cc(-c5noc(=O)[nH]5)ccc43)nc12. The minimum atomic E-state index is -1.32. The first-order chi connectivity index (χ1) is 15.8. The molecule has 0 unspecified atom stereocenters. The molecular weight excluding hydrogens is 434 g/mol. The van der Waals surface area contributed by atoms with Crippen LogP contribution in [0.4, 0.5) is 0 Å². The number of imidazole rings is 1. The van der Waals surface area contributed by atoms with Crippen molar-refractivity contribution in [1.82, 2.24) is 29.8 Å². The van der Waals surface area contributed by atoms with Gasteiger partial charge in [0.15, 0.2) is 17.2 Å². The van der Waals surface area contributed by atoms with E-state index >= 15 is 0 Å². The second kappa shape index (κ2) is 7.40. The number of aryl methyl sites for hydroxylation is 1. The summed E-state index contributed by atoms with van der Waals surface area (Å²) in [6.45, 7) is 0. The Hall–Kier alpha value is -4.81. The van der Waals surface area contributed by atoms with Crippen molar-refractivity contribution in [3.63, 3.8) is 0 Å². The number of rotatable bonds is 5. The molecule has 3 aromatic heterocycles. The number of nitrogens with zero attached hydrogens (tertiary/aromatic N) is 4. The van der Waals surface area contributed by atoms with Crippen LogP contribution in [-0.2, 0) is 6.42 Å². The Morgan fingerprint density at radius 2 is 2.09 bits per heavy atom. The van der Waals surface area contributed by atoms with E-state index in [1.165, 1.54) is 0 Å². The van der Waals surface area contributed by atoms with Crippen LogP contribution in [0.3, 0.4) is 0 Å². The Kier molecular flexibility index (Phi) is 4.51. The minimum absolute atomic E-state index is 0.120. The van der Waals surface area contributed by atoms with E-state index in [-0.39, 0.29) is 28.8 Å². The summed E-state index contributed by atoms with van der Waals surface area (Å²) in [5, 5.41) is 16.0. The van der Waals surface area contributed by atoms with Gasteiger partial charge in [-0.05, 0) is 30.0 Å². The monoisotopic (exact) mass is 449 g/mol. The number of carboxylic acids is 1. The molecule has 0 aliphatic heterocycles. The van der Waals surface area contributed by atoms with Crippen LogP contribution in [0, 0.1) is 0 Å². The molecule has 5 N–H and O–H groups in total. The Morgan fingerprint density at radius 3 is 2.79 bits per heavy atom. The highest BCUT2D eigenvalue weighted by Crippen LogP contribution is 2.33. The summed E-state index contributed by atoms with van der Waals surface area (Å²) in [5.41, 5.74) is 6.96. The number of amides is 2. The number of benzene rings is 1. The number of aromatic amines is 1. The van der Waals surface area contributed by atoms with Crippen LogP contribution in [0.1, 0.15) is 55.1 Å². The maximum absolute atomic E-state index is 12.9. The summed E-state index contributed by atoms with van der Waals surface area (Å²) >= 11 is 0. The van der Waals surface area contributed by atoms with Crippen LogP contribution < -0.4 is 16.8 Å². The minimum Gasteiger partial charge on any atom is -0.477 e. The Bertz CT molecular complexity index is 1510. The summed E-state index contributed by atoms with van der Waals surface area (Å²) in [7, 11) is 0. The third kappa shape index (κ3) is 3.40. The summed E-state index contributed by atoms with van der Waals surface area (Å²) in [4.78, 5) is 57.8. The first-order valence-electron chi connectivity index (χ1n) is 9.73. The van der Waals surface area contributed by atoms with Gasteiger partial charge in [-0.2, -0.15) is 0 Å². The van der Waals surface area contributed by atoms with Gasteiger partial charge in [0.05, 0.1) is 6.04 Å². The zero-order valence-corrected chi connectivity index (χ0v) is 16.7. The molecule has 13 nitrogen and oxygen atoms in total. The summed E-state index contributed by atoms with van der Waals surface area (Å²) in [6.07, 6.45) is 2.38. The smallest absolute Gasteiger partial charge is 0.439 e. The van der Waals surface area contributed by atoms with Crippen molar-refractivity contribution in [3.8, 4) is 11.4 Å². The topological polar surface area (TPSA) is 199 Å². The van der Waals surface area contributed by atoms with Crippen molar-refractivity contribution in [3.05, 3.63) is 69.4 Å². The van der Waals surface area contributed by atoms with E-state index < -0.39 is 23.5 Å². The zero-order valence-electron chi connectivity index (χ0n) is 16.7. The second-order valence-corrected chi connectivity index (χ2v) is 7.40. The number of aromatic nitrogens is 5. The van der Waals surface area contributed by atoms with Crippen LogP contribution in [0.5, 0.6) is 0 Å². The lowest BCUT2D eigenvalue weighted by Crippen LogP contribution is -2.28. The Labute approximate surface area is 183 Å². The number of hydrogen-bond acceptors (Lipinski definition) is 8. The lowest BCUT2D eigenvalue weighted by Gasteiger charge is -2.14. The normalized spacial score (nSPS) is 14.8. The number of primary amides is 1. The van der Waals surface area contributed by atoms with Gasteiger partial charge in [-0.15, -0.1) is 0 Å². The van der Waals surface area contributed by atoms with Gasteiger partial charge in [-0.3, -0.25) is 23.5 Å². The average molecular weight is 449 g/mol. The fourth-order valence-electron chi connectivity index (χ4n) is 3.93. The molecular formula is C20H15N7O6. The van der Waals surface area contributed by atoms with Crippen LogP contribution in [0.2, 0.25) is 0 Å². The molecule has 33 heavy (non-hydrogen) atoms. The predicted molar refractivity (Wildman–Crippen MR) is 110 cm³/mol. The van der Waals surface area contributed by atoms with Gasteiger partial charge in [0.2, 0.25) is 0 Å². The van der Waals surface area contributed by atoms with Gasteiger partial charge in [0.25, 0.3) is 11.8 Å². The fraction of sp³-hybridized carbons (Fsp3) is 0.150. The molecule has 166 valence electrons. The third-order valence-corrected chi connectivity index (χ3v) is 5.43. The molecule has 4 aromatic rings. The molecule has 13 heteroatoms. The summed E-state index contributed by atoms with van der Waals surface area (Å²) < 4.78 is 5.62. The molecule has 0 saturated heterocycles. The van der Waals surface area contributed by atoms with Crippen molar-refractivity contribution in [1.29, 1.82) is 0 Å². The van der Waals surface area contributed by atoms with Crippen molar-refractivity contribution in [2.24, 2.45) is 5.73 Å². The maximum atomic E-state index is 12.9. The molecule has 0 spiro atoms. The molecule has 0 fully saturated rings. The average Bonchev–Trinajstić information content (AvgIpc) is 3.50. The number of nitrogens with one attached hydrogen (secondary N) is 2. The van der Waals surface area contributed by atoms with Gasteiger partial charge in [-0.25, -0.2) is 19.6 Å². The quantitative estimate of drug-likeness (QED) is 0.330. The van der Waals surface area contributed by atoms with Gasteiger partial charge in [0, 0.05) is 11.6 Å². The number of carboxylic acid groups (broad SMARTS) is 1. The summed E-state index contributed by atoms with van der Waals surface area (Å²) in [5.74, 6) is -3.18. The van der Waals surface area contributed by atoms with E-state index in [2.05, 4.69) is 29.9 Å².